The molecule has 140 valence electrons. The Hall–Kier alpha value is -2.89. The molecule has 2 unspecified atom stereocenters. The van der Waals surface area contributed by atoms with Crippen LogP contribution in [0.15, 0.2) is 48.7 Å². The second kappa shape index (κ2) is 7.39. The number of nitrogens with two attached hydrogens (primary N) is 1. The van der Waals surface area contributed by atoms with E-state index in [1.165, 1.54) is 18.2 Å². The van der Waals surface area contributed by atoms with E-state index in [9.17, 15) is 9.18 Å². The quantitative estimate of drug-likeness (QED) is 0.771. The molecule has 1 saturated carbocycles. The third kappa shape index (κ3) is 4.10. The summed E-state index contributed by atoms with van der Waals surface area (Å²) in [5.41, 5.74) is 7.48. The van der Waals surface area contributed by atoms with Gasteiger partial charge in [-0.1, -0.05) is 0 Å². The zero-order chi connectivity index (χ0) is 18.8. The zero-order valence-corrected chi connectivity index (χ0v) is 15.0. The van der Waals surface area contributed by atoms with Gasteiger partial charge in [0.25, 0.3) is 0 Å². The summed E-state index contributed by atoms with van der Waals surface area (Å²) in [5, 5.41) is 2.95. The van der Waals surface area contributed by atoms with Crippen LogP contribution in [-0.2, 0) is 4.79 Å². The molecular formula is C21H23FN4O. The summed E-state index contributed by atoms with van der Waals surface area (Å²) in [5.74, 6) is 2.26. The monoisotopic (exact) mass is 366 g/mol. The Labute approximate surface area is 158 Å². The van der Waals surface area contributed by atoms with E-state index in [2.05, 4.69) is 15.2 Å². The number of carbonyl (C=O) groups is 1. The summed E-state index contributed by atoms with van der Waals surface area (Å²) in [7, 11) is 0. The molecule has 2 aliphatic rings. The number of nitrogens with zero attached hydrogens (tertiary/aromatic N) is 2. The van der Waals surface area contributed by atoms with Crippen LogP contribution in [0.1, 0.15) is 12.0 Å². The van der Waals surface area contributed by atoms with Gasteiger partial charge in [-0.05, 0) is 72.2 Å². The molecule has 0 radical (unpaired) electrons. The predicted molar refractivity (Wildman–Crippen MR) is 104 cm³/mol. The van der Waals surface area contributed by atoms with E-state index < -0.39 is 0 Å². The second-order valence-electron chi connectivity index (χ2n) is 7.30. The van der Waals surface area contributed by atoms with E-state index in [-0.39, 0.29) is 11.7 Å². The highest BCUT2D eigenvalue weighted by molar-refractivity contribution is 5.91. The number of halogens is 1. The maximum absolute atomic E-state index is 13.0. The molecule has 1 aliphatic heterocycles. The van der Waals surface area contributed by atoms with Crippen molar-refractivity contribution in [2.45, 2.75) is 6.42 Å². The number of benzene rings is 1. The van der Waals surface area contributed by atoms with Crippen LogP contribution in [-0.4, -0.2) is 30.5 Å². The average Bonchev–Trinajstić information content (AvgIpc) is 3.11. The highest BCUT2D eigenvalue weighted by Crippen LogP contribution is 2.54. The molecule has 6 heteroatoms. The Morgan fingerprint density at radius 3 is 2.63 bits per heavy atom. The number of amides is 1. The van der Waals surface area contributed by atoms with E-state index in [1.54, 1.807) is 18.3 Å². The molecule has 3 N–H and O–H groups in total. The number of piperidine rings is 1. The normalized spacial score (nSPS) is 23.4. The molecule has 2 aromatic rings. The number of aromatic nitrogens is 1. The molecule has 1 amide bonds. The first-order valence-electron chi connectivity index (χ1n) is 9.28. The Morgan fingerprint density at radius 1 is 1.22 bits per heavy atom. The van der Waals surface area contributed by atoms with Gasteiger partial charge in [0.05, 0.1) is 0 Å². The third-order valence-corrected chi connectivity index (χ3v) is 5.58. The first-order valence-corrected chi connectivity index (χ1v) is 9.28. The maximum atomic E-state index is 13.0. The lowest BCUT2D eigenvalue weighted by atomic mass is 10.2. The molecule has 2 atom stereocenters. The van der Waals surface area contributed by atoms with Crippen molar-refractivity contribution in [3.05, 3.63) is 60.1 Å². The number of fused-ring (bicyclic) bond motifs is 1. The number of anilines is 2. The molecule has 2 heterocycles. The molecule has 0 bridgehead atoms. The lowest BCUT2D eigenvalue weighted by Gasteiger charge is -2.22. The van der Waals surface area contributed by atoms with Gasteiger partial charge in [0.2, 0.25) is 5.91 Å². The van der Waals surface area contributed by atoms with Crippen LogP contribution in [0.4, 0.5) is 15.9 Å². The van der Waals surface area contributed by atoms with Crippen LogP contribution in [0, 0.1) is 23.6 Å². The number of hydrogen-bond acceptors (Lipinski definition) is 4. The molecule has 27 heavy (non-hydrogen) atoms. The minimum Gasteiger partial charge on any atom is -0.384 e. The van der Waals surface area contributed by atoms with Gasteiger partial charge in [0, 0.05) is 37.6 Å². The largest absolute Gasteiger partial charge is 0.384 e. The van der Waals surface area contributed by atoms with Crippen molar-refractivity contribution in [1.29, 1.82) is 0 Å². The van der Waals surface area contributed by atoms with Crippen LogP contribution in [0.3, 0.4) is 0 Å². The third-order valence-electron chi connectivity index (χ3n) is 5.58. The summed E-state index contributed by atoms with van der Waals surface area (Å²) in [4.78, 5) is 18.2. The van der Waals surface area contributed by atoms with Gasteiger partial charge in [0.1, 0.15) is 11.6 Å². The number of pyridine rings is 1. The fourth-order valence-corrected chi connectivity index (χ4v) is 4.05. The summed E-state index contributed by atoms with van der Waals surface area (Å²) in [6, 6.07) is 10.3. The van der Waals surface area contributed by atoms with E-state index in [0.717, 1.165) is 30.8 Å². The van der Waals surface area contributed by atoms with E-state index >= 15 is 0 Å². The number of hydrogen-bond donors (Lipinski definition) is 2. The van der Waals surface area contributed by atoms with Crippen molar-refractivity contribution in [2.24, 2.45) is 17.8 Å². The van der Waals surface area contributed by atoms with Crippen molar-refractivity contribution in [3.63, 3.8) is 0 Å². The van der Waals surface area contributed by atoms with Crippen molar-refractivity contribution in [2.75, 3.05) is 30.3 Å². The van der Waals surface area contributed by atoms with Gasteiger partial charge in [-0.3, -0.25) is 4.79 Å². The van der Waals surface area contributed by atoms with Crippen molar-refractivity contribution >= 4 is 23.5 Å². The molecule has 1 aliphatic carbocycles. The lowest BCUT2D eigenvalue weighted by molar-refractivity contribution is -0.116. The number of rotatable bonds is 6. The number of carbonyl (C=O) groups excluding carboxylic acids is 1. The van der Waals surface area contributed by atoms with Gasteiger partial charge >= 0.3 is 0 Å². The first kappa shape index (κ1) is 17.5. The second-order valence-corrected chi connectivity index (χ2v) is 7.30. The highest BCUT2D eigenvalue weighted by atomic mass is 19.1. The van der Waals surface area contributed by atoms with Gasteiger partial charge in [-0.25, -0.2) is 9.37 Å². The Kier molecular flexibility index (Phi) is 4.79. The average molecular weight is 366 g/mol. The molecule has 5 nitrogen and oxygen atoms in total. The van der Waals surface area contributed by atoms with Crippen LogP contribution in [0.2, 0.25) is 0 Å². The smallest absolute Gasteiger partial charge is 0.244 e. The topological polar surface area (TPSA) is 71.2 Å². The van der Waals surface area contributed by atoms with Gasteiger partial charge < -0.3 is 16.0 Å². The van der Waals surface area contributed by atoms with Gasteiger partial charge in [-0.15, -0.1) is 0 Å². The molecule has 4 rings (SSSR count). The van der Waals surface area contributed by atoms with Crippen LogP contribution < -0.4 is 16.0 Å². The van der Waals surface area contributed by atoms with Crippen LogP contribution in [0.5, 0.6) is 0 Å². The van der Waals surface area contributed by atoms with Crippen molar-refractivity contribution in [3.8, 4) is 0 Å². The van der Waals surface area contributed by atoms with Gasteiger partial charge in [0.15, 0.2) is 0 Å². The van der Waals surface area contributed by atoms with E-state index in [4.69, 9.17) is 5.73 Å². The minimum absolute atomic E-state index is 0.0921. The Bertz CT molecular complexity index is 822. The van der Waals surface area contributed by atoms with Crippen LogP contribution >= 0.6 is 0 Å². The van der Waals surface area contributed by atoms with Crippen molar-refractivity contribution < 1.29 is 9.18 Å². The summed E-state index contributed by atoms with van der Waals surface area (Å²) in [6.07, 6.45) is 5.90. The molecule has 0 spiro atoms. The lowest BCUT2D eigenvalue weighted by Crippen LogP contribution is -2.26. The Balaban J connectivity index is 1.17. The maximum Gasteiger partial charge on any atom is 0.244 e. The fraction of sp³-hybridized carbons (Fsp3) is 0.333. The molecule has 1 aromatic heterocycles. The molecular weight excluding hydrogens is 343 g/mol. The highest BCUT2D eigenvalue weighted by Gasteiger charge is 2.54. The fourth-order valence-electron chi connectivity index (χ4n) is 4.05. The Morgan fingerprint density at radius 2 is 1.96 bits per heavy atom. The standard InChI is InChI=1S/C21H23FN4O/c22-15-3-5-16(6-4-15)26-12-18-17(19(18)13-26)9-10-24-21(27)8-2-14-1-7-20(23)25-11-14/h1-8,11,17-19H,9-10,12-13H2,(H2,23,25)(H,24,27)/b8-2+. The minimum atomic E-state index is -0.196. The van der Waals surface area contributed by atoms with Crippen molar-refractivity contribution in [1.82, 2.24) is 10.3 Å². The molecule has 1 saturated heterocycles. The van der Waals surface area contributed by atoms with E-state index in [1.807, 2.05) is 18.2 Å². The summed E-state index contributed by atoms with van der Waals surface area (Å²) in [6.45, 7) is 2.75. The summed E-state index contributed by atoms with van der Waals surface area (Å²) < 4.78 is 13.0. The predicted octanol–water partition coefficient (Wildman–Crippen LogP) is 2.70. The first-order chi connectivity index (χ1) is 13.1. The van der Waals surface area contributed by atoms with E-state index in [0.29, 0.717) is 30.1 Å². The molecule has 1 aromatic carbocycles. The van der Waals surface area contributed by atoms with Crippen LogP contribution in [0.25, 0.3) is 6.08 Å². The number of nitrogens with one attached hydrogen (secondary N) is 1. The SMILES string of the molecule is Nc1ccc(/C=C/C(=O)NCCC2C3CN(c4ccc(F)cc4)CC23)cn1. The zero-order valence-electron chi connectivity index (χ0n) is 15.0. The number of nitrogen functional groups attached to an aromatic ring is 1. The van der Waals surface area contributed by atoms with Gasteiger partial charge in [-0.2, -0.15) is 0 Å². The molecule has 2 fully saturated rings. The summed E-state index contributed by atoms with van der Waals surface area (Å²) >= 11 is 0.